The maximum absolute atomic E-state index is 13.2. The summed E-state index contributed by atoms with van der Waals surface area (Å²) in [5.41, 5.74) is 2.15. The number of likely N-dealkylation sites (N-methyl/N-ethyl adjacent to an activating group) is 1. The minimum atomic E-state index is -0.255. The molecule has 29 heavy (non-hydrogen) atoms. The number of piperazine rings is 1. The lowest BCUT2D eigenvalue weighted by Gasteiger charge is -2.44. The van der Waals surface area contributed by atoms with Gasteiger partial charge in [0.25, 0.3) is 0 Å². The van der Waals surface area contributed by atoms with E-state index in [1.54, 1.807) is 6.26 Å². The third-order valence-corrected chi connectivity index (χ3v) is 6.15. The van der Waals surface area contributed by atoms with Crippen molar-refractivity contribution >= 4 is 5.91 Å². The Labute approximate surface area is 175 Å². The van der Waals surface area contributed by atoms with Gasteiger partial charge in [0.1, 0.15) is 5.76 Å². The molecule has 1 aliphatic rings. The summed E-state index contributed by atoms with van der Waals surface area (Å²) in [6, 6.07) is 12.0. The molecule has 2 heterocycles. The topological polar surface area (TPSA) is 48.7 Å². The summed E-state index contributed by atoms with van der Waals surface area (Å²) in [4.78, 5) is 18.2. The summed E-state index contributed by atoms with van der Waals surface area (Å²) in [6.45, 7) is 14.8. The van der Waals surface area contributed by atoms with Crippen LogP contribution in [0.5, 0.6) is 0 Å². The molecule has 0 bridgehead atoms. The van der Waals surface area contributed by atoms with E-state index >= 15 is 0 Å². The normalized spacial score (nSPS) is 17.2. The number of rotatable bonds is 8. The van der Waals surface area contributed by atoms with E-state index in [1.807, 2.05) is 12.1 Å². The Bertz CT molecular complexity index is 760. The highest BCUT2D eigenvalue weighted by atomic mass is 16.3. The van der Waals surface area contributed by atoms with Gasteiger partial charge in [-0.25, -0.2) is 0 Å². The van der Waals surface area contributed by atoms with Crippen LogP contribution in [0.3, 0.4) is 0 Å². The molecule has 1 saturated heterocycles. The zero-order valence-electron chi connectivity index (χ0n) is 18.3. The summed E-state index contributed by atoms with van der Waals surface area (Å²) in [5.74, 6) is 0.640. The van der Waals surface area contributed by atoms with Crippen LogP contribution in [0.1, 0.15) is 43.6 Å². The Kier molecular flexibility index (Phi) is 7.14. The average molecular weight is 398 g/mol. The molecule has 2 aromatic rings. The van der Waals surface area contributed by atoms with Gasteiger partial charge < -0.3 is 14.6 Å². The molecule has 1 atom stereocenters. The first kappa shape index (κ1) is 21.6. The second kappa shape index (κ2) is 9.59. The Morgan fingerprint density at radius 1 is 1.14 bits per heavy atom. The first-order chi connectivity index (χ1) is 13.9. The van der Waals surface area contributed by atoms with E-state index in [2.05, 4.69) is 67.1 Å². The molecule has 1 aromatic heterocycles. The Morgan fingerprint density at radius 2 is 1.83 bits per heavy atom. The van der Waals surface area contributed by atoms with Crippen molar-refractivity contribution in [2.24, 2.45) is 0 Å². The number of carbonyl (C=O) groups excluding carboxylic acids is 1. The molecule has 1 aromatic carbocycles. The van der Waals surface area contributed by atoms with E-state index < -0.39 is 0 Å². The van der Waals surface area contributed by atoms with Crippen molar-refractivity contribution < 1.29 is 9.21 Å². The van der Waals surface area contributed by atoms with E-state index in [9.17, 15) is 4.79 Å². The molecule has 1 unspecified atom stereocenters. The largest absolute Gasteiger partial charge is 0.469 e. The van der Waals surface area contributed by atoms with E-state index in [-0.39, 0.29) is 17.4 Å². The molecule has 1 N–H and O–H groups in total. The van der Waals surface area contributed by atoms with Crippen molar-refractivity contribution in [2.75, 3.05) is 39.3 Å². The third kappa shape index (κ3) is 5.71. The minimum Gasteiger partial charge on any atom is -0.469 e. The van der Waals surface area contributed by atoms with Gasteiger partial charge in [-0.1, -0.05) is 36.8 Å². The number of nitrogens with zero attached hydrogens (tertiary/aromatic N) is 2. The Balaban J connectivity index is 1.65. The first-order valence-electron chi connectivity index (χ1n) is 10.7. The average Bonchev–Trinajstić information content (AvgIpc) is 3.24. The summed E-state index contributed by atoms with van der Waals surface area (Å²) in [7, 11) is 0. The number of furan rings is 1. The zero-order chi connectivity index (χ0) is 20.9. The highest BCUT2D eigenvalue weighted by molar-refractivity contribution is 5.84. The van der Waals surface area contributed by atoms with Gasteiger partial charge in [-0.15, -0.1) is 0 Å². The number of amides is 1. The lowest BCUT2D eigenvalue weighted by atomic mass is 9.92. The lowest BCUT2D eigenvalue weighted by Crippen LogP contribution is -2.58. The van der Waals surface area contributed by atoms with Gasteiger partial charge in [0, 0.05) is 44.7 Å². The first-order valence-corrected chi connectivity index (χ1v) is 10.7. The molecule has 1 amide bonds. The van der Waals surface area contributed by atoms with Crippen LogP contribution in [0.4, 0.5) is 0 Å². The van der Waals surface area contributed by atoms with Crippen LogP contribution in [-0.4, -0.2) is 60.5 Å². The fraction of sp³-hybridized carbons (Fsp3) is 0.542. The molecule has 1 fully saturated rings. The minimum absolute atomic E-state index is 0.0607. The number of hydrogen-bond donors (Lipinski definition) is 1. The van der Waals surface area contributed by atoms with Gasteiger partial charge in [0.2, 0.25) is 5.91 Å². The molecule has 0 spiro atoms. The number of hydrogen-bond acceptors (Lipinski definition) is 4. The van der Waals surface area contributed by atoms with Crippen LogP contribution < -0.4 is 5.32 Å². The maximum atomic E-state index is 13.2. The van der Waals surface area contributed by atoms with Crippen LogP contribution >= 0.6 is 0 Å². The smallest absolute Gasteiger partial charge is 0.228 e. The van der Waals surface area contributed by atoms with Crippen molar-refractivity contribution in [2.45, 2.75) is 45.6 Å². The lowest BCUT2D eigenvalue weighted by molar-refractivity contribution is -0.123. The number of nitrogens with one attached hydrogen (secondary N) is 1. The molecule has 3 rings (SSSR count). The summed E-state index contributed by atoms with van der Waals surface area (Å²) in [5, 5.41) is 3.24. The van der Waals surface area contributed by atoms with E-state index in [1.165, 1.54) is 5.56 Å². The summed E-state index contributed by atoms with van der Waals surface area (Å²) >= 11 is 0. The van der Waals surface area contributed by atoms with Crippen molar-refractivity contribution in [3.8, 4) is 0 Å². The van der Waals surface area contributed by atoms with E-state index in [0.29, 0.717) is 13.0 Å². The standard InChI is InChI=1S/C24H35N3O2/c1-5-26-12-14-27(15-13-26)24(3,4)18-25-23(28)22(17-21-7-6-16-29-21)20-10-8-19(2)9-11-20/h6-11,16,22H,5,12-15,17-18H2,1-4H3,(H,25,28). The molecule has 0 radical (unpaired) electrons. The van der Waals surface area contributed by atoms with Crippen molar-refractivity contribution in [3.63, 3.8) is 0 Å². The molecule has 5 heteroatoms. The highest BCUT2D eigenvalue weighted by Crippen LogP contribution is 2.23. The van der Waals surface area contributed by atoms with Crippen LogP contribution in [0, 0.1) is 6.92 Å². The number of carbonyl (C=O) groups is 1. The van der Waals surface area contributed by atoms with Crippen LogP contribution in [0.2, 0.25) is 0 Å². The van der Waals surface area contributed by atoms with E-state index in [4.69, 9.17) is 4.42 Å². The van der Waals surface area contributed by atoms with Crippen LogP contribution in [0.25, 0.3) is 0 Å². The predicted octanol–water partition coefficient (Wildman–Crippen LogP) is 3.45. The Hall–Kier alpha value is -2.11. The van der Waals surface area contributed by atoms with Gasteiger partial charge in [0.05, 0.1) is 12.2 Å². The summed E-state index contributed by atoms with van der Waals surface area (Å²) in [6.07, 6.45) is 2.23. The second-order valence-corrected chi connectivity index (χ2v) is 8.70. The quantitative estimate of drug-likeness (QED) is 0.741. The third-order valence-electron chi connectivity index (χ3n) is 6.15. The monoisotopic (exact) mass is 397 g/mol. The predicted molar refractivity (Wildman–Crippen MR) is 117 cm³/mol. The fourth-order valence-corrected chi connectivity index (χ4v) is 4.00. The SMILES string of the molecule is CCN1CCN(C(C)(C)CNC(=O)C(Cc2ccco2)c2ccc(C)cc2)CC1. The fourth-order valence-electron chi connectivity index (χ4n) is 4.00. The van der Waals surface area contributed by atoms with Gasteiger partial charge >= 0.3 is 0 Å². The zero-order valence-corrected chi connectivity index (χ0v) is 18.3. The number of aryl methyl sites for hydroxylation is 1. The highest BCUT2D eigenvalue weighted by Gasteiger charge is 2.31. The summed E-state index contributed by atoms with van der Waals surface area (Å²) < 4.78 is 5.53. The molecular formula is C24H35N3O2. The van der Waals surface area contributed by atoms with Crippen molar-refractivity contribution in [1.82, 2.24) is 15.1 Å². The molecule has 158 valence electrons. The Morgan fingerprint density at radius 3 is 2.41 bits per heavy atom. The molecular weight excluding hydrogens is 362 g/mol. The van der Waals surface area contributed by atoms with Crippen molar-refractivity contribution in [3.05, 3.63) is 59.5 Å². The maximum Gasteiger partial charge on any atom is 0.228 e. The second-order valence-electron chi connectivity index (χ2n) is 8.70. The number of benzene rings is 1. The van der Waals surface area contributed by atoms with Crippen LogP contribution in [0.15, 0.2) is 47.1 Å². The molecule has 0 saturated carbocycles. The van der Waals surface area contributed by atoms with Crippen LogP contribution in [-0.2, 0) is 11.2 Å². The molecule has 0 aliphatic carbocycles. The van der Waals surface area contributed by atoms with Gasteiger partial charge in [0.15, 0.2) is 0 Å². The van der Waals surface area contributed by atoms with Gasteiger partial charge in [-0.2, -0.15) is 0 Å². The van der Waals surface area contributed by atoms with Crippen molar-refractivity contribution in [1.29, 1.82) is 0 Å². The molecule has 5 nitrogen and oxygen atoms in total. The van der Waals surface area contributed by atoms with Gasteiger partial charge in [-0.05, 0) is 45.0 Å². The molecule has 1 aliphatic heterocycles. The van der Waals surface area contributed by atoms with E-state index in [0.717, 1.165) is 44.0 Å². The van der Waals surface area contributed by atoms with Gasteiger partial charge in [-0.3, -0.25) is 9.69 Å².